The van der Waals surface area contributed by atoms with Crippen LogP contribution in [0.5, 0.6) is 0 Å². The van der Waals surface area contributed by atoms with Crippen LogP contribution in [-0.2, 0) is 24.8 Å². The summed E-state index contributed by atoms with van der Waals surface area (Å²) in [5, 5.41) is 2.77. The Hall–Kier alpha value is -3.86. The van der Waals surface area contributed by atoms with Gasteiger partial charge < -0.3 is 5.32 Å². The Morgan fingerprint density at radius 2 is 1.24 bits per heavy atom. The van der Waals surface area contributed by atoms with Gasteiger partial charge in [0.25, 0.3) is 20.0 Å². The summed E-state index contributed by atoms with van der Waals surface area (Å²) in [6.07, 6.45) is 0. The standard InChI is InChI=1S/C26H22ClN3O5S2/c27-24-13-7-8-14-25(24)30(37(34,35)23-11-5-2-6-12-23)19-26(31)28-20-15-17-22(18-16-20)36(32,33)29-21-9-3-1-4-10-21/h1-18,29H,19H2,(H,28,31). The number of hydrogen-bond acceptors (Lipinski definition) is 5. The molecule has 0 aromatic heterocycles. The van der Waals surface area contributed by atoms with Crippen LogP contribution < -0.4 is 14.3 Å². The van der Waals surface area contributed by atoms with Crippen LogP contribution in [0.2, 0.25) is 5.02 Å². The number of carbonyl (C=O) groups is 1. The maximum Gasteiger partial charge on any atom is 0.264 e. The van der Waals surface area contributed by atoms with Crippen molar-refractivity contribution in [2.45, 2.75) is 9.79 Å². The van der Waals surface area contributed by atoms with E-state index in [9.17, 15) is 21.6 Å². The minimum Gasteiger partial charge on any atom is -0.325 e. The van der Waals surface area contributed by atoms with Crippen LogP contribution in [0.3, 0.4) is 0 Å². The summed E-state index contributed by atoms with van der Waals surface area (Å²) in [4.78, 5) is 12.9. The highest BCUT2D eigenvalue weighted by Crippen LogP contribution is 2.30. The van der Waals surface area contributed by atoms with Crippen LogP contribution in [0.4, 0.5) is 17.1 Å². The van der Waals surface area contributed by atoms with E-state index < -0.39 is 32.5 Å². The van der Waals surface area contributed by atoms with E-state index in [2.05, 4.69) is 10.0 Å². The van der Waals surface area contributed by atoms with Crippen LogP contribution in [0.25, 0.3) is 0 Å². The minimum absolute atomic E-state index is 0.00120. The summed E-state index contributed by atoms with van der Waals surface area (Å²) in [7, 11) is -7.95. The fourth-order valence-corrected chi connectivity index (χ4v) is 6.25. The van der Waals surface area contributed by atoms with Gasteiger partial charge in [-0.15, -0.1) is 0 Å². The van der Waals surface area contributed by atoms with Gasteiger partial charge in [0, 0.05) is 11.4 Å². The molecular weight excluding hydrogens is 534 g/mol. The van der Waals surface area contributed by atoms with Crippen LogP contribution in [0.15, 0.2) is 119 Å². The van der Waals surface area contributed by atoms with Crippen molar-refractivity contribution in [1.29, 1.82) is 0 Å². The van der Waals surface area contributed by atoms with Gasteiger partial charge in [-0.1, -0.05) is 60.1 Å². The highest BCUT2D eigenvalue weighted by atomic mass is 35.5. The van der Waals surface area contributed by atoms with Crippen molar-refractivity contribution in [2.75, 3.05) is 20.9 Å². The molecule has 0 saturated heterocycles. The Kier molecular flexibility index (Phi) is 7.82. The van der Waals surface area contributed by atoms with Gasteiger partial charge in [0.15, 0.2) is 0 Å². The molecule has 4 aromatic carbocycles. The first-order valence-corrected chi connectivity index (χ1v) is 14.3. The lowest BCUT2D eigenvalue weighted by Crippen LogP contribution is -2.38. The molecule has 2 N–H and O–H groups in total. The molecule has 0 spiro atoms. The summed E-state index contributed by atoms with van der Waals surface area (Å²) in [6, 6.07) is 28.0. The second kappa shape index (κ2) is 11.0. The topological polar surface area (TPSA) is 113 Å². The third-order valence-electron chi connectivity index (χ3n) is 5.21. The van der Waals surface area contributed by atoms with Crippen molar-refractivity contribution < 1.29 is 21.6 Å². The maximum atomic E-state index is 13.4. The van der Waals surface area contributed by atoms with Gasteiger partial charge in [0.05, 0.1) is 20.5 Å². The molecule has 11 heteroatoms. The number of benzene rings is 4. The second-order valence-corrected chi connectivity index (χ2v) is 11.8. The van der Waals surface area contributed by atoms with Crippen molar-refractivity contribution in [2.24, 2.45) is 0 Å². The van der Waals surface area contributed by atoms with E-state index >= 15 is 0 Å². The van der Waals surface area contributed by atoms with Gasteiger partial charge in [-0.2, -0.15) is 0 Å². The third kappa shape index (κ3) is 6.29. The zero-order valence-corrected chi connectivity index (χ0v) is 21.7. The minimum atomic E-state index is -4.12. The smallest absolute Gasteiger partial charge is 0.264 e. The fraction of sp³-hybridized carbons (Fsp3) is 0.0385. The molecule has 1 amide bonds. The predicted octanol–water partition coefficient (Wildman–Crippen LogP) is 4.97. The number of halogens is 1. The molecular formula is C26H22ClN3O5S2. The molecule has 0 heterocycles. The first-order valence-electron chi connectivity index (χ1n) is 11.0. The van der Waals surface area contributed by atoms with E-state index in [0.717, 1.165) is 4.31 Å². The summed E-state index contributed by atoms with van der Waals surface area (Å²) >= 11 is 6.27. The Bertz CT molecular complexity index is 1600. The average Bonchev–Trinajstić information content (AvgIpc) is 2.89. The number of sulfonamides is 2. The number of carbonyl (C=O) groups excluding carboxylic acids is 1. The largest absolute Gasteiger partial charge is 0.325 e. The first kappa shape index (κ1) is 26.2. The maximum absolute atomic E-state index is 13.4. The quantitative estimate of drug-likeness (QED) is 0.302. The Labute approximate surface area is 220 Å². The molecule has 8 nitrogen and oxygen atoms in total. The number of amides is 1. The van der Waals surface area contributed by atoms with Gasteiger partial charge in [-0.05, 0) is 60.7 Å². The number of hydrogen-bond donors (Lipinski definition) is 2. The molecule has 4 rings (SSSR count). The lowest BCUT2D eigenvalue weighted by Gasteiger charge is -2.25. The van der Waals surface area contributed by atoms with Crippen LogP contribution in [0, 0.1) is 0 Å². The number of nitrogens with zero attached hydrogens (tertiary/aromatic N) is 1. The van der Waals surface area contributed by atoms with E-state index in [4.69, 9.17) is 11.6 Å². The van der Waals surface area contributed by atoms with Crippen LogP contribution in [-0.4, -0.2) is 29.3 Å². The van der Waals surface area contributed by atoms with E-state index in [-0.39, 0.29) is 20.5 Å². The first-order chi connectivity index (χ1) is 17.7. The number of nitrogens with one attached hydrogen (secondary N) is 2. The van der Waals surface area contributed by atoms with Gasteiger partial charge in [0.1, 0.15) is 6.54 Å². The monoisotopic (exact) mass is 555 g/mol. The zero-order chi connectivity index (χ0) is 26.5. The SMILES string of the molecule is O=C(CN(c1ccccc1Cl)S(=O)(=O)c1ccccc1)Nc1ccc(S(=O)(=O)Nc2ccccc2)cc1. The highest BCUT2D eigenvalue weighted by molar-refractivity contribution is 7.93. The molecule has 0 bridgehead atoms. The number of para-hydroxylation sites is 2. The molecule has 0 aliphatic carbocycles. The number of anilines is 3. The fourth-order valence-electron chi connectivity index (χ4n) is 3.44. The lowest BCUT2D eigenvalue weighted by atomic mass is 10.3. The third-order valence-corrected chi connectivity index (χ3v) is 8.70. The van der Waals surface area contributed by atoms with E-state index in [1.54, 1.807) is 60.7 Å². The van der Waals surface area contributed by atoms with E-state index in [0.29, 0.717) is 11.4 Å². The van der Waals surface area contributed by atoms with E-state index in [1.165, 1.54) is 48.5 Å². The van der Waals surface area contributed by atoms with Gasteiger partial charge in [-0.3, -0.25) is 13.8 Å². The van der Waals surface area contributed by atoms with Gasteiger partial charge in [0.2, 0.25) is 5.91 Å². The molecule has 190 valence electrons. The van der Waals surface area contributed by atoms with Crippen LogP contribution in [0.1, 0.15) is 0 Å². The summed E-state index contributed by atoms with van der Waals surface area (Å²) in [6.45, 7) is -0.559. The molecule has 0 aliphatic heterocycles. The summed E-state index contributed by atoms with van der Waals surface area (Å²) in [5.41, 5.74) is 0.857. The molecule has 0 atom stereocenters. The van der Waals surface area contributed by atoms with Gasteiger partial charge in [-0.25, -0.2) is 16.8 Å². The van der Waals surface area contributed by atoms with Crippen molar-refractivity contribution in [3.63, 3.8) is 0 Å². The zero-order valence-electron chi connectivity index (χ0n) is 19.3. The van der Waals surface area contributed by atoms with Crippen molar-refractivity contribution in [1.82, 2.24) is 0 Å². The lowest BCUT2D eigenvalue weighted by molar-refractivity contribution is -0.114. The second-order valence-electron chi connectivity index (χ2n) is 7.82. The molecule has 4 aromatic rings. The normalized spacial score (nSPS) is 11.5. The van der Waals surface area contributed by atoms with E-state index in [1.807, 2.05) is 0 Å². The number of rotatable bonds is 9. The predicted molar refractivity (Wildman–Crippen MR) is 145 cm³/mol. The molecule has 0 radical (unpaired) electrons. The van der Waals surface area contributed by atoms with Gasteiger partial charge >= 0.3 is 0 Å². The molecule has 0 fully saturated rings. The van der Waals surface area contributed by atoms with Crippen molar-refractivity contribution in [3.05, 3.63) is 114 Å². The Balaban J connectivity index is 1.53. The summed E-state index contributed by atoms with van der Waals surface area (Å²) in [5.74, 6) is -0.641. The molecule has 37 heavy (non-hydrogen) atoms. The summed E-state index contributed by atoms with van der Waals surface area (Å²) < 4.78 is 55.5. The Morgan fingerprint density at radius 3 is 1.86 bits per heavy atom. The highest BCUT2D eigenvalue weighted by Gasteiger charge is 2.28. The average molecular weight is 556 g/mol. The molecule has 0 unspecified atom stereocenters. The van der Waals surface area contributed by atoms with Crippen molar-refractivity contribution in [3.8, 4) is 0 Å². The molecule has 0 aliphatic rings. The Morgan fingerprint density at radius 1 is 0.676 bits per heavy atom. The van der Waals surface area contributed by atoms with Crippen LogP contribution >= 0.6 is 11.6 Å². The van der Waals surface area contributed by atoms with Crippen molar-refractivity contribution >= 4 is 54.6 Å². The molecule has 0 saturated carbocycles.